The third kappa shape index (κ3) is 6.93. The molecule has 0 N–H and O–H groups in total. The molecule has 54 heavy (non-hydrogen) atoms. The van der Waals surface area contributed by atoms with Crippen molar-refractivity contribution in [2.45, 2.75) is 84.5 Å². The van der Waals surface area contributed by atoms with Crippen LogP contribution in [0.2, 0.25) is 0 Å². The lowest BCUT2D eigenvalue weighted by Crippen LogP contribution is -2.23. The van der Waals surface area contributed by atoms with Crippen molar-refractivity contribution >= 4 is 29.2 Å². The Kier molecular flexibility index (Phi) is 9.73. The normalized spacial score (nSPS) is 13.6. The summed E-state index contributed by atoms with van der Waals surface area (Å²) in [4.78, 5) is 1.89. The third-order valence-electron chi connectivity index (χ3n) is 11.4. The van der Waals surface area contributed by atoms with Crippen molar-refractivity contribution < 1.29 is 8.78 Å². The minimum atomic E-state index is -0.602. The molecule has 3 heteroatoms. The molecule has 0 bridgehead atoms. The lowest BCUT2D eigenvalue weighted by molar-refractivity contribution is 0.490. The average Bonchev–Trinajstić information content (AvgIpc) is 3.43. The number of anilines is 3. The van der Waals surface area contributed by atoms with Gasteiger partial charge < -0.3 is 4.90 Å². The van der Waals surface area contributed by atoms with Crippen LogP contribution in [0, 0.1) is 11.6 Å². The zero-order valence-corrected chi connectivity index (χ0v) is 32.9. The number of para-hydroxylation sites is 1. The number of halogens is 2. The fourth-order valence-electron chi connectivity index (χ4n) is 8.06. The molecule has 0 heterocycles. The van der Waals surface area contributed by atoms with Gasteiger partial charge in [-0.3, -0.25) is 0 Å². The molecule has 0 aromatic heterocycles. The molecule has 0 radical (unpaired) electrons. The first-order chi connectivity index (χ1) is 25.7. The van der Waals surface area contributed by atoms with Gasteiger partial charge in [0.05, 0.1) is 5.69 Å². The van der Waals surface area contributed by atoms with Gasteiger partial charge in [0.2, 0.25) is 0 Å². The van der Waals surface area contributed by atoms with E-state index in [1.807, 2.05) is 35.2 Å². The molecular formula is C51H51F2N. The Labute approximate surface area is 321 Å². The molecule has 6 aromatic rings. The van der Waals surface area contributed by atoms with E-state index in [0.29, 0.717) is 5.69 Å². The van der Waals surface area contributed by atoms with E-state index < -0.39 is 11.6 Å². The monoisotopic (exact) mass is 715 g/mol. The van der Waals surface area contributed by atoms with Crippen molar-refractivity contribution in [1.82, 2.24) is 0 Å². The van der Waals surface area contributed by atoms with Crippen molar-refractivity contribution in [2.24, 2.45) is 0 Å². The predicted molar refractivity (Wildman–Crippen MR) is 226 cm³/mol. The highest BCUT2D eigenvalue weighted by Gasteiger charge is 2.41. The molecule has 0 amide bonds. The number of rotatable bonds is 8. The van der Waals surface area contributed by atoms with Gasteiger partial charge in [-0.15, -0.1) is 0 Å². The predicted octanol–water partition coefficient (Wildman–Crippen LogP) is 15.0. The molecule has 274 valence electrons. The van der Waals surface area contributed by atoms with Crippen LogP contribution in [0.25, 0.3) is 34.4 Å². The lowest BCUT2D eigenvalue weighted by Gasteiger charge is -2.32. The second kappa shape index (κ2) is 14.2. The summed E-state index contributed by atoms with van der Waals surface area (Å²) in [5.74, 6) is -1.20. The summed E-state index contributed by atoms with van der Waals surface area (Å²) in [6.07, 6.45) is 6.26. The molecule has 6 aromatic carbocycles. The zero-order chi connectivity index (χ0) is 38.4. The van der Waals surface area contributed by atoms with Gasteiger partial charge in [0, 0.05) is 22.9 Å². The molecule has 0 fully saturated rings. The Hall–Kier alpha value is -5.28. The van der Waals surface area contributed by atoms with Crippen molar-refractivity contribution in [3.8, 4) is 22.3 Å². The number of fused-ring (bicyclic) bond motifs is 3. The minimum absolute atomic E-state index is 0.0667. The molecule has 7 rings (SSSR count). The highest BCUT2D eigenvalue weighted by Crippen LogP contribution is 2.54. The first-order valence-corrected chi connectivity index (χ1v) is 19.3. The summed E-state index contributed by atoms with van der Waals surface area (Å²) >= 11 is 0. The van der Waals surface area contributed by atoms with E-state index in [1.54, 1.807) is 0 Å². The van der Waals surface area contributed by atoms with Crippen LogP contribution in [0.15, 0.2) is 127 Å². The molecule has 1 nitrogen and oxygen atoms in total. The smallest absolute Gasteiger partial charge is 0.150 e. The molecule has 0 atom stereocenters. The van der Waals surface area contributed by atoms with Crippen molar-refractivity contribution in [2.75, 3.05) is 4.90 Å². The van der Waals surface area contributed by atoms with Crippen molar-refractivity contribution in [3.05, 3.63) is 172 Å². The maximum Gasteiger partial charge on any atom is 0.150 e. The van der Waals surface area contributed by atoms with Crippen molar-refractivity contribution in [3.63, 3.8) is 0 Å². The lowest BCUT2D eigenvalue weighted by atomic mass is 9.73. The van der Waals surface area contributed by atoms with Gasteiger partial charge in [0.25, 0.3) is 0 Å². The topological polar surface area (TPSA) is 3.24 Å². The van der Waals surface area contributed by atoms with E-state index in [9.17, 15) is 4.39 Å². The number of nitrogens with zero attached hydrogens (tertiary/aromatic N) is 1. The number of benzene rings is 6. The maximum absolute atomic E-state index is 15.4. The largest absolute Gasteiger partial charge is 0.308 e. The Balaban J connectivity index is 1.21. The average molecular weight is 716 g/mol. The van der Waals surface area contributed by atoms with E-state index in [4.69, 9.17) is 0 Å². The fourth-order valence-corrected chi connectivity index (χ4v) is 8.06. The van der Waals surface area contributed by atoms with Gasteiger partial charge in [0.15, 0.2) is 0 Å². The Morgan fingerprint density at radius 2 is 1.11 bits per heavy atom. The highest BCUT2D eigenvalue weighted by molar-refractivity contribution is 5.87. The first kappa shape index (κ1) is 37.1. The second-order valence-corrected chi connectivity index (χ2v) is 16.8. The zero-order valence-electron chi connectivity index (χ0n) is 32.9. The summed E-state index contributed by atoms with van der Waals surface area (Å²) in [7, 11) is 0. The van der Waals surface area contributed by atoms with Crippen LogP contribution in [-0.2, 0) is 16.2 Å². The summed E-state index contributed by atoms with van der Waals surface area (Å²) in [5.41, 5.74) is 14.4. The van der Waals surface area contributed by atoms with E-state index in [0.717, 1.165) is 41.4 Å². The van der Waals surface area contributed by atoms with Crippen LogP contribution in [0.5, 0.6) is 0 Å². The van der Waals surface area contributed by atoms with Crippen LogP contribution in [0.3, 0.4) is 0 Å². The SMILES string of the molecule is CCC1(CC)c2cc(/C=C/c3ccc(-c4cc(C(C)(C)C)cc(C(C)(C)C)c4)cc3)ccc2-c2ccc(N(c3ccccc3)c3ccc(F)cc3F)cc21. The number of hydrogen-bond acceptors (Lipinski definition) is 1. The van der Waals surface area contributed by atoms with E-state index in [1.165, 1.54) is 56.6 Å². The summed E-state index contributed by atoms with van der Waals surface area (Å²) in [5, 5.41) is 0. The molecule has 1 aliphatic carbocycles. The summed E-state index contributed by atoms with van der Waals surface area (Å²) in [6, 6.07) is 42.7. The van der Waals surface area contributed by atoms with Crippen LogP contribution in [0.4, 0.5) is 25.8 Å². The molecular weight excluding hydrogens is 665 g/mol. The van der Waals surface area contributed by atoms with Gasteiger partial charge in [-0.25, -0.2) is 8.78 Å². The maximum atomic E-state index is 15.4. The quantitative estimate of drug-likeness (QED) is 0.142. The summed E-state index contributed by atoms with van der Waals surface area (Å²) < 4.78 is 29.4. The molecule has 1 aliphatic rings. The van der Waals surface area contributed by atoms with Crippen LogP contribution in [-0.4, -0.2) is 0 Å². The third-order valence-corrected chi connectivity index (χ3v) is 11.4. The van der Waals surface area contributed by atoms with Crippen LogP contribution >= 0.6 is 0 Å². The minimum Gasteiger partial charge on any atom is -0.308 e. The molecule has 0 saturated carbocycles. The molecule has 0 spiro atoms. The molecule has 0 saturated heterocycles. The van der Waals surface area contributed by atoms with Crippen molar-refractivity contribution in [1.29, 1.82) is 0 Å². The van der Waals surface area contributed by atoms with Gasteiger partial charge in [-0.2, -0.15) is 0 Å². The van der Waals surface area contributed by atoms with Gasteiger partial charge in [-0.1, -0.05) is 152 Å². The Morgan fingerprint density at radius 3 is 1.70 bits per heavy atom. The van der Waals surface area contributed by atoms with E-state index >= 15 is 4.39 Å². The highest BCUT2D eigenvalue weighted by atomic mass is 19.1. The Bertz CT molecular complexity index is 2300. The molecule has 0 unspecified atom stereocenters. The van der Waals surface area contributed by atoms with E-state index in [-0.39, 0.29) is 16.2 Å². The number of hydrogen-bond donors (Lipinski definition) is 0. The molecule has 0 aliphatic heterocycles. The van der Waals surface area contributed by atoms with Gasteiger partial charge >= 0.3 is 0 Å². The second-order valence-electron chi connectivity index (χ2n) is 16.8. The van der Waals surface area contributed by atoms with Gasteiger partial charge in [-0.05, 0) is 116 Å². The van der Waals surface area contributed by atoms with E-state index in [2.05, 4.69) is 146 Å². The standard InChI is InChI=1S/C51H51F2N/c1-9-51(10-2)45-28-35(17-16-34-18-21-36(22-19-34)37-29-38(49(3,4)5)31-39(30-37)50(6,7)8)20-25-43(45)44-26-24-42(33-46(44)51)54(41-14-12-11-13-15-41)48-27-23-40(52)32-47(48)53/h11-33H,9-10H2,1-8H3/b17-16+. The first-order valence-electron chi connectivity index (χ1n) is 19.3. The Morgan fingerprint density at radius 1 is 0.537 bits per heavy atom. The van der Waals surface area contributed by atoms with Gasteiger partial charge in [0.1, 0.15) is 11.6 Å². The van der Waals surface area contributed by atoms with Crippen LogP contribution in [0.1, 0.15) is 102 Å². The fraction of sp³-hybridized carbons (Fsp3) is 0.255. The van der Waals surface area contributed by atoms with Crippen LogP contribution < -0.4 is 4.90 Å². The summed E-state index contributed by atoms with van der Waals surface area (Å²) in [6.45, 7) is 18.2.